The van der Waals surface area contributed by atoms with Gasteiger partial charge in [-0.1, -0.05) is 18.2 Å². The molecule has 0 atom stereocenters. The molecule has 0 bridgehead atoms. The predicted octanol–water partition coefficient (Wildman–Crippen LogP) is 3.69. The average Bonchev–Trinajstić information content (AvgIpc) is 2.29. The summed E-state index contributed by atoms with van der Waals surface area (Å²) < 4.78 is 0. The molecular formula is C15H16O2. The first-order valence-corrected chi connectivity index (χ1v) is 5.60. The first-order chi connectivity index (χ1) is 8.00. The van der Waals surface area contributed by atoms with E-state index in [0.717, 1.165) is 27.8 Å². The van der Waals surface area contributed by atoms with Gasteiger partial charge in [0.2, 0.25) is 0 Å². The summed E-state index contributed by atoms with van der Waals surface area (Å²) in [5, 5.41) is 19.8. The van der Waals surface area contributed by atoms with E-state index in [0.29, 0.717) is 11.5 Å². The van der Waals surface area contributed by atoms with Crippen LogP contribution < -0.4 is 0 Å². The Morgan fingerprint density at radius 3 is 1.94 bits per heavy atom. The summed E-state index contributed by atoms with van der Waals surface area (Å²) >= 11 is 0. The fraction of sp³-hybridized carbons (Fsp3) is 0.200. The Morgan fingerprint density at radius 1 is 0.765 bits per heavy atom. The van der Waals surface area contributed by atoms with E-state index in [1.807, 2.05) is 51.1 Å². The third-order valence-electron chi connectivity index (χ3n) is 3.04. The highest BCUT2D eigenvalue weighted by Gasteiger charge is 2.09. The molecule has 0 unspecified atom stereocenters. The normalized spacial score (nSPS) is 10.5. The first-order valence-electron chi connectivity index (χ1n) is 5.60. The molecule has 2 N–H and O–H groups in total. The summed E-state index contributed by atoms with van der Waals surface area (Å²) in [7, 11) is 0. The summed E-state index contributed by atoms with van der Waals surface area (Å²) in [4.78, 5) is 0. The fourth-order valence-corrected chi connectivity index (χ4v) is 2.00. The van der Waals surface area contributed by atoms with Gasteiger partial charge in [0.1, 0.15) is 11.5 Å². The number of aryl methyl sites for hydroxylation is 3. The number of hydrogen-bond acceptors (Lipinski definition) is 2. The maximum Gasteiger partial charge on any atom is 0.126 e. The average molecular weight is 228 g/mol. The first kappa shape index (κ1) is 11.5. The van der Waals surface area contributed by atoms with Gasteiger partial charge < -0.3 is 10.2 Å². The van der Waals surface area contributed by atoms with Crippen LogP contribution in [0, 0.1) is 20.8 Å². The Hall–Kier alpha value is -1.96. The molecular weight excluding hydrogens is 212 g/mol. The molecule has 0 aliphatic heterocycles. The fourth-order valence-electron chi connectivity index (χ4n) is 2.00. The Kier molecular flexibility index (Phi) is 2.80. The smallest absolute Gasteiger partial charge is 0.126 e. The highest BCUT2D eigenvalue weighted by Crippen LogP contribution is 2.35. The van der Waals surface area contributed by atoms with Gasteiger partial charge in [-0.3, -0.25) is 0 Å². The van der Waals surface area contributed by atoms with E-state index in [1.54, 1.807) is 0 Å². The van der Waals surface area contributed by atoms with Crippen molar-refractivity contribution < 1.29 is 10.2 Å². The molecule has 0 aliphatic carbocycles. The topological polar surface area (TPSA) is 40.5 Å². The summed E-state index contributed by atoms with van der Waals surface area (Å²) in [6, 6.07) is 9.45. The molecule has 0 heterocycles. The number of aromatic hydroxyl groups is 2. The molecule has 2 heteroatoms. The van der Waals surface area contributed by atoms with Crippen LogP contribution in [0.5, 0.6) is 11.5 Å². The van der Waals surface area contributed by atoms with Crippen LogP contribution in [0.2, 0.25) is 0 Å². The van der Waals surface area contributed by atoms with Crippen molar-refractivity contribution in [2.24, 2.45) is 0 Å². The van der Waals surface area contributed by atoms with Crippen LogP contribution in [0.3, 0.4) is 0 Å². The van der Waals surface area contributed by atoms with E-state index >= 15 is 0 Å². The lowest BCUT2D eigenvalue weighted by atomic mass is 9.97. The molecule has 2 aromatic rings. The van der Waals surface area contributed by atoms with E-state index < -0.39 is 0 Å². The molecule has 0 fully saturated rings. The largest absolute Gasteiger partial charge is 0.507 e. The molecule has 17 heavy (non-hydrogen) atoms. The zero-order chi connectivity index (χ0) is 12.6. The molecule has 0 aliphatic rings. The third kappa shape index (κ3) is 1.98. The van der Waals surface area contributed by atoms with E-state index in [4.69, 9.17) is 0 Å². The third-order valence-corrected chi connectivity index (χ3v) is 3.04. The molecule has 2 nitrogen and oxygen atoms in total. The van der Waals surface area contributed by atoms with E-state index in [-0.39, 0.29) is 0 Å². The van der Waals surface area contributed by atoms with Crippen LogP contribution in [0.4, 0.5) is 0 Å². The van der Waals surface area contributed by atoms with E-state index in [9.17, 15) is 10.2 Å². The van der Waals surface area contributed by atoms with Crippen LogP contribution in [-0.2, 0) is 0 Å². The minimum atomic E-state index is 0.303. The van der Waals surface area contributed by atoms with Gasteiger partial charge in [-0.2, -0.15) is 0 Å². The molecule has 0 saturated carbocycles. The van der Waals surface area contributed by atoms with Crippen molar-refractivity contribution in [2.45, 2.75) is 20.8 Å². The Labute approximate surface area is 101 Å². The lowest BCUT2D eigenvalue weighted by Crippen LogP contribution is -1.86. The minimum absolute atomic E-state index is 0.303. The molecule has 0 saturated heterocycles. The van der Waals surface area contributed by atoms with Gasteiger partial charge in [-0.15, -0.1) is 0 Å². The lowest BCUT2D eigenvalue weighted by Gasteiger charge is -2.10. The molecule has 2 rings (SSSR count). The maximum absolute atomic E-state index is 10.0. The zero-order valence-electron chi connectivity index (χ0n) is 10.3. The molecule has 0 spiro atoms. The molecule has 88 valence electrons. The highest BCUT2D eigenvalue weighted by atomic mass is 16.3. The van der Waals surface area contributed by atoms with Crippen LogP contribution in [0.1, 0.15) is 16.7 Å². The van der Waals surface area contributed by atoms with Gasteiger partial charge in [0.15, 0.2) is 0 Å². The van der Waals surface area contributed by atoms with E-state index in [2.05, 4.69) is 0 Å². The van der Waals surface area contributed by atoms with Gasteiger partial charge >= 0.3 is 0 Å². The second-order valence-corrected chi connectivity index (χ2v) is 4.43. The lowest BCUT2D eigenvalue weighted by molar-refractivity contribution is 0.466. The molecule has 0 aromatic heterocycles. The van der Waals surface area contributed by atoms with Crippen molar-refractivity contribution in [3.05, 3.63) is 47.0 Å². The maximum atomic E-state index is 10.0. The number of phenols is 2. The van der Waals surface area contributed by atoms with Crippen molar-refractivity contribution in [3.63, 3.8) is 0 Å². The second kappa shape index (κ2) is 4.13. The summed E-state index contributed by atoms with van der Waals surface area (Å²) in [5.74, 6) is 0.623. The molecule has 0 radical (unpaired) electrons. The number of hydrogen-bond donors (Lipinski definition) is 2. The highest BCUT2D eigenvalue weighted by molar-refractivity contribution is 5.73. The van der Waals surface area contributed by atoms with Crippen LogP contribution >= 0.6 is 0 Å². The van der Waals surface area contributed by atoms with Crippen molar-refractivity contribution in [1.29, 1.82) is 0 Å². The van der Waals surface area contributed by atoms with E-state index in [1.165, 1.54) is 0 Å². The van der Waals surface area contributed by atoms with Crippen LogP contribution in [-0.4, -0.2) is 10.2 Å². The van der Waals surface area contributed by atoms with Crippen molar-refractivity contribution in [2.75, 3.05) is 0 Å². The van der Waals surface area contributed by atoms with Gasteiger partial charge in [-0.25, -0.2) is 0 Å². The Bertz CT molecular complexity index is 548. The Morgan fingerprint density at radius 2 is 1.35 bits per heavy atom. The molecule has 2 aromatic carbocycles. The summed E-state index contributed by atoms with van der Waals surface area (Å²) in [6.07, 6.45) is 0. The minimum Gasteiger partial charge on any atom is -0.507 e. The van der Waals surface area contributed by atoms with Gasteiger partial charge in [0, 0.05) is 5.56 Å². The van der Waals surface area contributed by atoms with Crippen LogP contribution in [0.25, 0.3) is 11.1 Å². The van der Waals surface area contributed by atoms with Crippen LogP contribution in [0.15, 0.2) is 30.3 Å². The monoisotopic (exact) mass is 228 g/mol. The molecule has 0 amide bonds. The van der Waals surface area contributed by atoms with Gasteiger partial charge in [0.05, 0.1) is 0 Å². The number of phenolic OH excluding ortho intramolecular Hbond substituents is 2. The number of benzene rings is 2. The van der Waals surface area contributed by atoms with Gasteiger partial charge in [0.25, 0.3) is 0 Å². The summed E-state index contributed by atoms with van der Waals surface area (Å²) in [5.41, 5.74) is 4.22. The summed E-state index contributed by atoms with van der Waals surface area (Å²) in [6.45, 7) is 5.59. The quantitative estimate of drug-likeness (QED) is 0.781. The van der Waals surface area contributed by atoms with Gasteiger partial charge in [-0.05, 0) is 55.2 Å². The second-order valence-electron chi connectivity index (χ2n) is 4.43. The number of para-hydroxylation sites is 1. The van der Waals surface area contributed by atoms with Crippen molar-refractivity contribution in [3.8, 4) is 22.6 Å². The number of rotatable bonds is 1. The predicted molar refractivity (Wildman–Crippen MR) is 69.4 cm³/mol. The van der Waals surface area contributed by atoms with Crippen molar-refractivity contribution in [1.82, 2.24) is 0 Å². The Balaban J connectivity index is 2.65. The SMILES string of the molecule is Cc1cc(-c2cccc(C)c2O)cc(C)c1O. The van der Waals surface area contributed by atoms with Crippen molar-refractivity contribution >= 4 is 0 Å². The zero-order valence-corrected chi connectivity index (χ0v) is 10.3. The standard InChI is InChI=1S/C15H16O2/c1-9-5-4-6-13(15(9)17)12-7-10(2)14(16)11(3)8-12/h4-8,16-17H,1-3H3.